The van der Waals surface area contributed by atoms with Gasteiger partial charge in [-0.15, -0.1) is 5.10 Å². The van der Waals surface area contributed by atoms with Gasteiger partial charge in [0.25, 0.3) is 0 Å². The first kappa shape index (κ1) is 14.5. The Bertz CT molecular complexity index is 697. The van der Waals surface area contributed by atoms with E-state index in [4.69, 9.17) is 4.74 Å². The quantitative estimate of drug-likeness (QED) is 0.872. The summed E-state index contributed by atoms with van der Waals surface area (Å²) < 4.78 is 20.8. The molecule has 0 unspecified atom stereocenters. The van der Waals surface area contributed by atoms with Gasteiger partial charge in [0.15, 0.2) is 0 Å². The third-order valence-electron chi connectivity index (χ3n) is 4.56. The van der Waals surface area contributed by atoms with E-state index in [-0.39, 0.29) is 18.0 Å². The minimum atomic E-state index is -0.204. The van der Waals surface area contributed by atoms with E-state index in [1.165, 1.54) is 12.1 Å². The SMILES string of the molecule is Fc1ccc(/C=C/CN2CC[C@@H]3OCc4cnnn4[C@H]3C2)cc1. The van der Waals surface area contributed by atoms with E-state index >= 15 is 0 Å². The van der Waals surface area contributed by atoms with E-state index in [0.717, 1.165) is 37.3 Å². The van der Waals surface area contributed by atoms with Crippen molar-refractivity contribution >= 4 is 6.08 Å². The Morgan fingerprint density at radius 2 is 2.17 bits per heavy atom. The van der Waals surface area contributed by atoms with Crippen molar-refractivity contribution < 1.29 is 9.13 Å². The van der Waals surface area contributed by atoms with Gasteiger partial charge in [-0.25, -0.2) is 9.07 Å². The maximum Gasteiger partial charge on any atom is 0.123 e. The molecule has 2 aliphatic heterocycles. The van der Waals surface area contributed by atoms with Crippen LogP contribution in [0, 0.1) is 5.82 Å². The van der Waals surface area contributed by atoms with E-state index < -0.39 is 0 Å². The van der Waals surface area contributed by atoms with E-state index in [0.29, 0.717) is 6.61 Å². The van der Waals surface area contributed by atoms with Crippen molar-refractivity contribution in [2.45, 2.75) is 25.2 Å². The van der Waals surface area contributed by atoms with Crippen molar-refractivity contribution in [2.24, 2.45) is 0 Å². The first-order chi connectivity index (χ1) is 11.3. The molecule has 0 saturated carbocycles. The van der Waals surface area contributed by atoms with Gasteiger partial charge in [0.2, 0.25) is 0 Å². The number of hydrogen-bond acceptors (Lipinski definition) is 4. The topological polar surface area (TPSA) is 43.2 Å². The Morgan fingerprint density at radius 3 is 3.04 bits per heavy atom. The lowest BCUT2D eigenvalue weighted by atomic mass is 10.0. The van der Waals surface area contributed by atoms with Crippen LogP contribution in [0.3, 0.4) is 0 Å². The van der Waals surface area contributed by atoms with Gasteiger partial charge in [-0.2, -0.15) is 0 Å². The van der Waals surface area contributed by atoms with Crippen LogP contribution in [-0.2, 0) is 11.3 Å². The lowest BCUT2D eigenvalue weighted by molar-refractivity contribution is -0.0638. The molecule has 0 spiro atoms. The summed E-state index contributed by atoms with van der Waals surface area (Å²) in [7, 11) is 0. The number of piperidine rings is 1. The molecule has 4 rings (SSSR count). The van der Waals surface area contributed by atoms with Crippen LogP contribution in [0.1, 0.15) is 23.7 Å². The predicted octanol–water partition coefficient (Wildman–Crippen LogP) is 2.28. The minimum Gasteiger partial charge on any atom is -0.370 e. The highest BCUT2D eigenvalue weighted by Crippen LogP contribution is 2.29. The Morgan fingerprint density at radius 1 is 1.30 bits per heavy atom. The highest BCUT2D eigenvalue weighted by atomic mass is 19.1. The molecule has 5 nitrogen and oxygen atoms in total. The second kappa shape index (κ2) is 6.22. The Balaban J connectivity index is 1.39. The predicted molar refractivity (Wildman–Crippen MR) is 84.1 cm³/mol. The second-order valence-corrected chi connectivity index (χ2v) is 6.09. The highest BCUT2D eigenvalue weighted by Gasteiger charge is 2.35. The zero-order valence-corrected chi connectivity index (χ0v) is 12.8. The van der Waals surface area contributed by atoms with Crippen LogP contribution in [0.2, 0.25) is 0 Å². The molecule has 0 radical (unpaired) electrons. The van der Waals surface area contributed by atoms with Crippen LogP contribution in [-0.4, -0.2) is 45.6 Å². The molecule has 0 aliphatic carbocycles. The van der Waals surface area contributed by atoms with Gasteiger partial charge in [-0.1, -0.05) is 29.5 Å². The number of likely N-dealkylation sites (tertiary alicyclic amines) is 1. The van der Waals surface area contributed by atoms with E-state index in [9.17, 15) is 4.39 Å². The number of aromatic nitrogens is 3. The van der Waals surface area contributed by atoms with Crippen LogP contribution < -0.4 is 0 Å². The fourth-order valence-corrected chi connectivity index (χ4v) is 3.32. The normalized spacial score (nSPS) is 24.6. The summed E-state index contributed by atoms with van der Waals surface area (Å²) >= 11 is 0. The van der Waals surface area contributed by atoms with Crippen LogP contribution in [0.15, 0.2) is 36.5 Å². The summed E-state index contributed by atoms with van der Waals surface area (Å²) in [4.78, 5) is 2.39. The summed E-state index contributed by atoms with van der Waals surface area (Å²) in [5.41, 5.74) is 2.07. The Kier molecular flexibility index (Phi) is 3.93. The van der Waals surface area contributed by atoms with Crippen molar-refractivity contribution in [3.8, 4) is 0 Å². The van der Waals surface area contributed by atoms with Crippen LogP contribution in [0.4, 0.5) is 4.39 Å². The van der Waals surface area contributed by atoms with Crippen molar-refractivity contribution in [3.63, 3.8) is 0 Å². The van der Waals surface area contributed by atoms with Crippen molar-refractivity contribution in [3.05, 3.63) is 53.6 Å². The molecule has 0 N–H and O–H groups in total. The number of halogens is 1. The molecule has 1 aromatic carbocycles. The van der Waals surface area contributed by atoms with Crippen molar-refractivity contribution in [1.82, 2.24) is 19.9 Å². The van der Waals surface area contributed by atoms with Gasteiger partial charge in [-0.3, -0.25) is 4.90 Å². The van der Waals surface area contributed by atoms with Gasteiger partial charge >= 0.3 is 0 Å². The summed E-state index contributed by atoms with van der Waals surface area (Å²) in [5.74, 6) is -0.204. The fourth-order valence-electron chi connectivity index (χ4n) is 3.32. The molecule has 23 heavy (non-hydrogen) atoms. The highest BCUT2D eigenvalue weighted by molar-refractivity contribution is 5.48. The average molecular weight is 314 g/mol. The number of ether oxygens (including phenoxy) is 1. The van der Waals surface area contributed by atoms with Gasteiger partial charge in [0, 0.05) is 19.6 Å². The molecule has 0 bridgehead atoms. The average Bonchev–Trinajstić information content (AvgIpc) is 3.06. The zero-order chi connectivity index (χ0) is 15.6. The standard InChI is InChI=1S/C17H19FN4O/c18-14-5-3-13(4-6-14)2-1-8-21-9-7-17-16(11-21)22-15(12-23-17)10-19-20-22/h1-6,10,16-17H,7-9,11-12H2/b2-1+/t16-,17-/m0/s1. The first-order valence-electron chi connectivity index (χ1n) is 7.95. The fraction of sp³-hybridized carbons (Fsp3) is 0.412. The largest absolute Gasteiger partial charge is 0.370 e. The third-order valence-corrected chi connectivity index (χ3v) is 4.56. The van der Waals surface area contributed by atoms with Gasteiger partial charge in [0.1, 0.15) is 5.82 Å². The number of rotatable bonds is 3. The summed E-state index contributed by atoms with van der Waals surface area (Å²) in [6.45, 7) is 3.40. The Labute approximate surface area is 134 Å². The molecular weight excluding hydrogens is 295 g/mol. The number of fused-ring (bicyclic) bond motifs is 3. The molecule has 2 aliphatic rings. The van der Waals surface area contributed by atoms with Gasteiger partial charge < -0.3 is 4.74 Å². The van der Waals surface area contributed by atoms with Crippen molar-refractivity contribution in [1.29, 1.82) is 0 Å². The van der Waals surface area contributed by atoms with Crippen LogP contribution >= 0.6 is 0 Å². The number of benzene rings is 1. The molecule has 1 fully saturated rings. The molecule has 2 atom stereocenters. The number of nitrogens with zero attached hydrogens (tertiary/aromatic N) is 4. The van der Waals surface area contributed by atoms with E-state index in [2.05, 4.69) is 21.3 Å². The monoisotopic (exact) mass is 314 g/mol. The molecule has 2 aromatic rings. The maximum absolute atomic E-state index is 12.9. The molecule has 1 saturated heterocycles. The summed E-state index contributed by atoms with van der Waals surface area (Å²) in [6.07, 6.45) is 7.18. The zero-order valence-electron chi connectivity index (χ0n) is 12.8. The molecule has 6 heteroatoms. The maximum atomic E-state index is 12.9. The second-order valence-electron chi connectivity index (χ2n) is 6.09. The van der Waals surface area contributed by atoms with Crippen molar-refractivity contribution in [2.75, 3.05) is 19.6 Å². The van der Waals surface area contributed by atoms with Crippen LogP contribution in [0.25, 0.3) is 6.08 Å². The molecule has 1 aromatic heterocycles. The summed E-state index contributed by atoms with van der Waals surface area (Å²) in [5, 5.41) is 8.22. The summed E-state index contributed by atoms with van der Waals surface area (Å²) in [6, 6.07) is 6.78. The van der Waals surface area contributed by atoms with E-state index in [1.807, 2.05) is 10.8 Å². The third kappa shape index (κ3) is 3.04. The Hall–Kier alpha value is -2.05. The van der Waals surface area contributed by atoms with Crippen LogP contribution in [0.5, 0.6) is 0 Å². The molecule has 3 heterocycles. The lowest BCUT2D eigenvalue weighted by Crippen LogP contribution is -2.47. The molecule has 0 amide bonds. The minimum absolute atomic E-state index is 0.204. The lowest BCUT2D eigenvalue weighted by Gasteiger charge is -2.40. The molecular formula is C17H19FN4O. The van der Waals surface area contributed by atoms with Gasteiger partial charge in [0.05, 0.1) is 30.6 Å². The van der Waals surface area contributed by atoms with E-state index in [1.54, 1.807) is 18.3 Å². The smallest absolute Gasteiger partial charge is 0.123 e. The number of hydrogen-bond donors (Lipinski definition) is 0. The first-order valence-corrected chi connectivity index (χ1v) is 7.95. The molecule has 120 valence electrons. The van der Waals surface area contributed by atoms with Gasteiger partial charge in [-0.05, 0) is 24.1 Å².